The van der Waals surface area contributed by atoms with Crippen molar-refractivity contribution in [1.82, 2.24) is 15.1 Å². The van der Waals surface area contributed by atoms with Crippen LogP contribution >= 0.6 is 0 Å². The van der Waals surface area contributed by atoms with Crippen LogP contribution in [0.4, 0.5) is 8.78 Å². The maximum atomic E-state index is 13.8. The number of hydrogen-bond donors (Lipinski definition) is 1. The van der Waals surface area contributed by atoms with Crippen LogP contribution in [0.2, 0.25) is 0 Å². The zero-order valence-electron chi connectivity index (χ0n) is 21.3. The van der Waals surface area contributed by atoms with Gasteiger partial charge in [0.05, 0.1) is 6.54 Å². The van der Waals surface area contributed by atoms with Crippen LogP contribution < -0.4 is 5.32 Å². The first-order chi connectivity index (χ1) is 15.9. The summed E-state index contributed by atoms with van der Waals surface area (Å²) in [5, 5.41) is 3.42. The molecule has 1 aliphatic carbocycles. The van der Waals surface area contributed by atoms with E-state index in [2.05, 4.69) is 35.9 Å². The molecule has 34 heavy (non-hydrogen) atoms. The Hall–Kier alpha value is -2.57. The molecule has 0 saturated carbocycles. The molecule has 0 radical (unpaired) electrons. The number of hydrogen-bond acceptors (Lipinski definition) is 4. The van der Waals surface area contributed by atoms with Crippen LogP contribution in [0.1, 0.15) is 66.7 Å². The van der Waals surface area contributed by atoms with Crippen molar-refractivity contribution in [1.29, 1.82) is 0 Å². The normalized spacial score (nSPS) is 20.7. The Balaban J connectivity index is 1.79. The first kappa shape index (κ1) is 26.0. The Labute approximate surface area is 202 Å². The lowest BCUT2D eigenvalue weighted by atomic mass is 9.98. The molecule has 1 N–H and O–H groups in total. The highest BCUT2D eigenvalue weighted by Gasteiger charge is 2.38. The lowest BCUT2D eigenvalue weighted by Crippen LogP contribution is -2.47. The van der Waals surface area contributed by atoms with E-state index >= 15 is 0 Å². The minimum atomic E-state index is -2.80. The van der Waals surface area contributed by atoms with Gasteiger partial charge in [-0.1, -0.05) is 19.6 Å². The number of halogens is 2. The van der Waals surface area contributed by atoms with E-state index in [-0.39, 0.29) is 17.9 Å². The molecule has 7 heteroatoms. The van der Waals surface area contributed by atoms with Gasteiger partial charge in [-0.3, -0.25) is 4.79 Å². The minimum Gasteiger partial charge on any atom is -0.488 e. The van der Waals surface area contributed by atoms with Crippen molar-refractivity contribution in [3.05, 3.63) is 58.8 Å². The second kappa shape index (κ2) is 10.4. The number of amides is 1. The molecule has 0 bridgehead atoms. The summed E-state index contributed by atoms with van der Waals surface area (Å²) in [5.41, 5.74) is 3.56. The van der Waals surface area contributed by atoms with Crippen molar-refractivity contribution in [2.45, 2.75) is 78.2 Å². The average Bonchev–Trinajstić information content (AvgIpc) is 2.78. The number of likely N-dealkylation sites (tertiary alicyclic amines) is 1. The summed E-state index contributed by atoms with van der Waals surface area (Å²) in [4.78, 5) is 16.5. The molecule has 5 nitrogen and oxygen atoms in total. The van der Waals surface area contributed by atoms with Crippen molar-refractivity contribution < 1.29 is 18.3 Å². The third-order valence-electron chi connectivity index (χ3n) is 6.28. The SMILES string of the molecule is C=C(OC(C)(C)C)C1=CC=C(N(CC)C2=C(CC)C=C(C(=O)N3CCCC(F)(F)C3)CN2)CC1. The number of allylic oxidation sites excluding steroid dienone is 6. The number of rotatable bonds is 7. The zero-order chi connectivity index (χ0) is 25.1. The zero-order valence-corrected chi connectivity index (χ0v) is 21.3. The number of dihydropyridines is 1. The van der Waals surface area contributed by atoms with Gasteiger partial charge in [0.1, 0.15) is 17.2 Å². The third-order valence-corrected chi connectivity index (χ3v) is 6.28. The number of alkyl halides is 2. The quantitative estimate of drug-likeness (QED) is 0.483. The smallest absolute Gasteiger partial charge is 0.265 e. The number of nitrogens with zero attached hydrogens (tertiary/aromatic N) is 2. The van der Waals surface area contributed by atoms with Crippen molar-refractivity contribution in [2.24, 2.45) is 0 Å². The number of piperidine rings is 1. The fraction of sp³-hybridized carbons (Fsp3) is 0.593. The molecule has 0 aromatic rings. The van der Waals surface area contributed by atoms with Gasteiger partial charge in [-0.15, -0.1) is 0 Å². The second-order valence-corrected chi connectivity index (χ2v) is 10.2. The lowest BCUT2D eigenvalue weighted by molar-refractivity contribution is -0.137. The number of carbonyl (C=O) groups excluding carboxylic acids is 1. The van der Waals surface area contributed by atoms with Gasteiger partial charge in [-0.05, 0) is 76.7 Å². The van der Waals surface area contributed by atoms with Gasteiger partial charge in [0.15, 0.2) is 0 Å². The molecule has 0 aromatic carbocycles. The summed E-state index contributed by atoms with van der Waals surface area (Å²) in [6.07, 6.45) is 8.70. The highest BCUT2D eigenvalue weighted by atomic mass is 19.3. The Bertz CT molecular complexity index is 938. The van der Waals surface area contributed by atoms with Crippen LogP contribution in [0.15, 0.2) is 58.8 Å². The maximum Gasteiger partial charge on any atom is 0.265 e. The molecular formula is C27H39F2N3O2. The Morgan fingerprint density at radius 1 is 1.24 bits per heavy atom. The van der Waals surface area contributed by atoms with Gasteiger partial charge in [-0.2, -0.15) is 0 Å². The molecule has 3 aliphatic rings. The lowest BCUT2D eigenvalue weighted by Gasteiger charge is -2.36. The van der Waals surface area contributed by atoms with E-state index in [0.29, 0.717) is 30.8 Å². The standard InChI is InChI=1S/C27H39F2N3O2/c1-7-20-16-22(25(33)31-15-9-14-27(28,29)18-31)17-30-24(20)32(8-2)23-12-10-21(11-13-23)19(3)34-26(4,5)6/h10,12,16,30H,3,7-9,11,13-15,17-18H2,1-2,4-6H3. The van der Waals surface area contributed by atoms with E-state index in [1.54, 1.807) is 0 Å². The molecule has 3 rings (SSSR count). The van der Waals surface area contributed by atoms with Gasteiger partial charge in [-0.25, -0.2) is 8.78 Å². The fourth-order valence-electron chi connectivity index (χ4n) is 4.66. The highest BCUT2D eigenvalue weighted by molar-refractivity contribution is 5.95. The summed E-state index contributed by atoms with van der Waals surface area (Å²) >= 11 is 0. The van der Waals surface area contributed by atoms with Crippen LogP contribution in [0.3, 0.4) is 0 Å². The molecule has 1 amide bonds. The predicted octanol–water partition coefficient (Wildman–Crippen LogP) is 5.65. The molecule has 1 fully saturated rings. The van der Waals surface area contributed by atoms with Crippen LogP contribution in [0.5, 0.6) is 0 Å². The molecule has 2 heterocycles. The average molecular weight is 476 g/mol. The highest BCUT2D eigenvalue weighted by Crippen LogP contribution is 2.32. The van der Waals surface area contributed by atoms with Crippen molar-refractivity contribution >= 4 is 5.91 Å². The number of carbonyl (C=O) groups is 1. The van der Waals surface area contributed by atoms with E-state index in [1.165, 1.54) is 10.6 Å². The molecule has 0 aromatic heterocycles. The third kappa shape index (κ3) is 6.30. The van der Waals surface area contributed by atoms with Crippen LogP contribution in [-0.2, 0) is 9.53 Å². The van der Waals surface area contributed by atoms with E-state index in [0.717, 1.165) is 42.8 Å². The van der Waals surface area contributed by atoms with Crippen molar-refractivity contribution in [3.63, 3.8) is 0 Å². The van der Waals surface area contributed by atoms with Crippen LogP contribution in [0, 0.1) is 0 Å². The molecular weight excluding hydrogens is 436 g/mol. The van der Waals surface area contributed by atoms with Gasteiger partial charge in [0.2, 0.25) is 0 Å². The van der Waals surface area contributed by atoms with E-state index in [4.69, 9.17) is 4.74 Å². The summed E-state index contributed by atoms with van der Waals surface area (Å²) < 4.78 is 33.6. The summed E-state index contributed by atoms with van der Waals surface area (Å²) in [6.45, 7) is 15.3. The largest absolute Gasteiger partial charge is 0.488 e. The Morgan fingerprint density at radius 2 is 1.97 bits per heavy atom. The number of ether oxygens (including phenoxy) is 1. The van der Waals surface area contributed by atoms with E-state index < -0.39 is 12.5 Å². The molecule has 1 saturated heterocycles. The topological polar surface area (TPSA) is 44.8 Å². The molecule has 0 unspecified atom stereocenters. The predicted molar refractivity (Wildman–Crippen MR) is 132 cm³/mol. The van der Waals surface area contributed by atoms with Crippen molar-refractivity contribution in [2.75, 3.05) is 26.2 Å². The minimum absolute atomic E-state index is 0.148. The summed E-state index contributed by atoms with van der Waals surface area (Å²) in [5.74, 6) is -1.39. The van der Waals surface area contributed by atoms with Crippen LogP contribution in [-0.4, -0.2) is 53.4 Å². The van der Waals surface area contributed by atoms with Gasteiger partial charge < -0.3 is 19.9 Å². The summed E-state index contributed by atoms with van der Waals surface area (Å²) in [6, 6.07) is 0. The molecule has 0 spiro atoms. The van der Waals surface area contributed by atoms with Gasteiger partial charge in [0.25, 0.3) is 11.8 Å². The Kier molecular flexibility index (Phi) is 7.94. The van der Waals surface area contributed by atoms with Gasteiger partial charge in [0, 0.05) is 37.3 Å². The number of nitrogens with one attached hydrogen (secondary N) is 1. The first-order valence-electron chi connectivity index (χ1n) is 12.3. The van der Waals surface area contributed by atoms with E-state index in [1.807, 2.05) is 33.8 Å². The van der Waals surface area contributed by atoms with Crippen molar-refractivity contribution in [3.8, 4) is 0 Å². The fourth-order valence-corrected chi connectivity index (χ4v) is 4.66. The van der Waals surface area contributed by atoms with Gasteiger partial charge >= 0.3 is 0 Å². The maximum absolute atomic E-state index is 13.8. The molecule has 2 aliphatic heterocycles. The van der Waals surface area contributed by atoms with Crippen LogP contribution in [0.25, 0.3) is 0 Å². The molecule has 188 valence electrons. The monoisotopic (exact) mass is 475 g/mol. The summed E-state index contributed by atoms with van der Waals surface area (Å²) in [7, 11) is 0. The van der Waals surface area contributed by atoms with E-state index in [9.17, 15) is 13.6 Å². The first-order valence-corrected chi connectivity index (χ1v) is 12.3. The Morgan fingerprint density at radius 3 is 2.53 bits per heavy atom. The second-order valence-electron chi connectivity index (χ2n) is 10.2. The molecule has 0 atom stereocenters.